The zero-order chi connectivity index (χ0) is 12.8. The van der Waals surface area contributed by atoms with Crippen LogP contribution in [0.4, 0.5) is 0 Å². The van der Waals surface area contributed by atoms with E-state index in [2.05, 4.69) is 0 Å². The molecule has 1 aromatic carbocycles. The average Bonchev–Trinajstić information content (AvgIpc) is 2.45. The van der Waals surface area contributed by atoms with E-state index in [1.54, 1.807) is 0 Å². The SMILES string of the molecule is COC(=O)c1ccccc1CSC1CCCCC1. The van der Waals surface area contributed by atoms with Gasteiger partial charge in [-0.15, -0.1) is 0 Å². The van der Waals surface area contributed by atoms with Crippen LogP contribution in [-0.4, -0.2) is 18.3 Å². The normalized spacial score (nSPS) is 16.5. The minimum atomic E-state index is -0.227. The Bertz CT molecular complexity index is 397. The van der Waals surface area contributed by atoms with E-state index in [0.717, 1.165) is 16.6 Å². The first-order chi connectivity index (χ1) is 8.81. The van der Waals surface area contributed by atoms with Crippen LogP contribution in [0.25, 0.3) is 0 Å². The zero-order valence-corrected chi connectivity index (χ0v) is 11.7. The summed E-state index contributed by atoms with van der Waals surface area (Å²) in [5, 5.41) is 0.768. The van der Waals surface area contributed by atoms with E-state index in [-0.39, 0.29) is 5.97 Å². The minimum absolute atomic E-state index is 0.227. The van der Waals surface area contributed by atoms with Crippen molar-refractivity contribution < 1.29 is 9.53 Å². The zero-order valence-electron chi connectivity index (χ0n) is 10.9. The summed E-state index contributed by atoms with van der Waals surface area (Å²) >= 11 is 1.98. The second-order valence-corrected chi connectivity index (χ2v) is 6.01. The second-order valence-electron chi connectivity index (χ2n) is 4.72. The lowest BCUT2D eigenvalue weighted by atomic mass is 10.0. The van der Waals surface area contributed by atoms with Gasteiger partial charge in [0.05, 0.1) is 12.7 Å². The van der Waals surface area contributed by atoms with E-state index in [9.17, 15) is 4.79 Å². The molecule has 0 aliphatic heterocycles. The van der Waals surface area contributed by atoms with Crippen LogP contribution in [0.15, 0.2) is 24.3 Å². The summed E-state index contributed by atoms with van der Waals surface area (Å²) in [6, 6.07) is 7.76. The smallest absolute Gasteiger partial charge is 0.338 e. The van der Waals surface area contributed by atoms with Crippen LogP contribution >= 0.6 is 11.8 Å². The lowest BCUT2D eigenvalue weighted by molar-refractivity contribution is 0.0600. The molecule has 2 nitrogen and oxygen atoms in total. The van der Waals surface area contributed by atoms with Crippen LogP contribution in [0.5, 0.6) is 0 Å². The van der Waals surface area contributed by atoms with Gasteiger partial charge in [-0.1, -0.05) is 37.5 Å². The maximum Gasteiger partial charge on any atom is 0.338 e. The second kappa shape index (κ2) is 6.83. The van der Waals surface area contributed by atoms with Gasteiger partial charge in [0.1, 0.15) is 0 Å². The number of benzene rings is 1. The van der Waals surface area contributed by atoms with E-state index in [1.165, 1.54) is 39.2 Å². The molecule has 0 unspecified atom stereocenters. The quantitative estimate of drug-likeness (QED) is 0.768. The van der Waals surface area contributed by atoms with Gasteiger partial charge in [0.2, 0.25) is 0 Å². The van der Waals surface area contributed by atoms with Gasteiger partial charge in [0.25, 0.3) is 0 Å². The van der Waals surface area contributed by atoms with Crippen LogP contribution < -0.4 is 0 Å². The Morgan fingerprint density at radius 3 is 2.72 bits per heavy atom. The molecule has 1 aromatic rings. The van der Waals surface area contributed by atoms with Crippen molar-refractivity contribution in [3.8, 4) is 0 Å². The molecular weight excluding hydrogens is 244 g/mol. The average molecular weight is 264 g/mol. The van der Waals surface area contributed by atoms with Crippen molar-refractivity contribution in [2.45, 2.75) is 43.1 Å². The summed E-state index contributed by atoms with van der Waals surface area (Å²) in [4.78, 5) is 11.7. The van der Waals surface area contributed by atoms with Crippen molar-refractivity contribution in [2.75, 3.05) is 7.11 Å². The topological polar surface area (TPSA) is 26.3 Å². The number of thioether (sulfide) groups is 1. The molecule has 1 fully saturated rings. The van der Waals surface area contributed by atoms with Gasteiger partial charge >= 0.3 is 5.97 Å². The van der Waals surface area contributed by atoms with Gasteiger partial charge in [-0.3, -0.25) is 0 Å². The van der Waals surface area contributed by atoms with E-state index in [0.29, 0.717) is 5.56 Å². The summed E-state index contributed by atoms with van der Waals surface area (Å²) in [6.45, 7) is 0. The van der Waals surface area contributed by atoms with Crippen LogP contribution in [0, 0.1) is 0 Å². The summed E-state index contributed by atoms with van der Waals surface area (Å²) in [5.74, 6) is 0.686. The largest absolute Gasteiger partial charge is 0.465 e. The molecule has 0 bridgehead atoms. The van der Waals surface area contributed by atoms with Crippen LogP contribution in [0.3, 0.4) is 0 Å². The lowest BCUT2D eigenvalue weighted by Crippen LogP contribution is -2.10. The summed E-state index contributed by atoms with van der Waals surface area (Å²) in [5.41, 5.74) is 1.81. The predicted octanol–water partition coefficient (Wildman–Crippen LogP) is 4.04. The van der Waals surface area contributed by atoms with Crippen molar-refractivity contribution in [3.05, 3.63) is 35.4 Å². The number of hydrogen-bond acceptors (Lipinski definition) is 3. The van der Waals surface area contributed by atoms with Crippen molar-refractivity contribution in [3.63, 3.8) is 0 Å². The first-order valence-corrected chi connectivity index (χ1v) is 7.64. The molecule has 0 amide bonds. The van der Waals surface area contributed by atoms with Gasteiger partial charge in [0, 0.05) is 11.0 Å². The van der Waals surface area contributed by atoms with Gasteiger partial charge in [0.15, 0.2) is 0 Å². The summed E-state index contributed by atoms with van der Waals surface area (Å²) in [6.07, 6.45) is 6.75. The number of esters is 1. The monoisotopic (exact) mass is 264 g/mol. The third kappa shape index (κ3) is 3.52. The Morgan fingerprint density at radius 1 is 1.28 bits per heavy atom. The summed E-state index contributed by atoms with van der Waals surface area (Å²) < 4.78 is 4.82. The highest BCUT2D eigenvalue weighted by molar-refractivity contribution is 7.99. The first-order valence-electron chi connectivity index (χ1n) is 6.59. The molecule has 0 spiro atoms. The van der Waals surface area contributed by atoms with Crippen molar-refractivity contribution >= 4 is 17.7 Å². The molecule has 1 aliphatic carbocycles. The molecule has 3 heteroatoms. The van der Waals surface area contributed by atoms with Crippen molar-refractivity contribution in [2.24, 2.45) is 0 Å². The molecular formula is C15H20O2S. The fraction of sp³-hybridized carbons (Fsp3) is 0.533. The Labute approximate surface area is 113 Å². The minimum Gasteiger partial charge on any atom is -0.465 e. The molecule has 18 heavy (non-hydrogen) atoms. The highest BCUT2D eigenvalue weighted by Crippen LogP contribution is 2.31. The molecule has 0 heterocycles. The highest BCUT2D eigenvalue weighted by atomic mass is 32.2. The number of methoxy groups -OCH3 is 1. The molecule has 0 atom stereocenters. The highest BCUT2D eigenvalue weighted by Gasteiger charge is 2.16. The number of carbonyl (C=O) groups excluding carboxylic acids is 1. The Kier molecular flexibility index (Phi) is 5.12. The molecule has 0 aromatic heterocycles. The van der Waals surface area contributed by atoms with Gasteiger partial charge in [-0.2, -0.15) is 11.8 Å². The van der Waals surface area contributed by atoms with Crippen molar-refractivity contribution in [1.29, 1.82) is 0 Å². The first kappa shape index (κ1) is 13.5. The standard InChI is InChI=1S/C15H20O2S/c1-17-15(16)14-10-6-5-7-12(14)11-18-13-8-3-2-4-9-13/h5-7,10,13H,2-4,8-9,11H2,1H3. The Morgan fingerprint density at radius 2 is 2.00 bits per heavy atom. The van der Waals surface area contributed by atoms with E-state index >= 15 is 0 Å². The Hall–Kier alpha value is -0.960. The molecule has 98 valence electrons. The number of rotatable bonds is 4. The van der Waals surface area contributed by atoms with E-state index < -0.39 is 0 Å². The van der Waals surface area contributed by atoms with E-state index in [1.807, 2.05) is 36.0 Å². The van der Waals surface area contributed by atoms with Gasteiger partial charge < -0.3 is 4.74 Å². The number of ether oxygens (including phenoxy) is 1. The predicted molar refractivity (Wildman–Crippen MR) is 75.9 cm³/mol. The number of hydrogen-bond donors (Lipinski definition) is 0. The maximum atomic E-state index is 11.7. The molecule has 0 radical (unpaired) electrons. The maximum absolute atomic E-state index is 11.7. The molecule has 0 N–H and O–H groups in total. The fourth-order valence-electron chi connectivity index (χ4n) is 2.39. The van der Waals surface area contributed by atoms with E-state index in [4.69, 9.17) is 4.74 Å². The van der Waals surface area contributed by atoms with Crippen molar-refractivity contribution in [1.82, 2.24) is 0 Å². The fourth-order valence-corrected chi connectivity index (χ4v) is 3.73. The van der Waals surface area contributed by atoms with Gasteiger partial charge in [-0.05, 0) is 24.5 Å². The Balaban J connectivity index is 1.97. The molecule has 1 aliphatic rings. The van der Waals surface area contributed by atoms with Crippen LogP contribution in [0.2, 0.25) is 0 Å². The van der Waals surface area contributed by atoms with Crippen LogP contribution in [0.1, 0.15) is 48.0 Å². The van der Waals surface area contributed by atoms with Gasteiger partial charge in [-0.25, -0.2) is 4.79 Å². The van der Waals surface area contributed by atoms with Crippen LogP contribution in [-0.2, 0) is 10.5 Å². The molecule has 1 saturated carbocycles. The number of carbonyl (C=O) groups is 1. The molecule has 2 rings (SSSR count). The molecule has 0 saturated heterocycles. The third-order valence-electron chi connectivity index (χ3n) is 3.45. The third-order valence-corrected chi connectivity index (χ3v) is 4.87. The lowest BCUT2D eigenvalue weighted by Gasteiger charge is -2.21. The summed E-state index contributed by atoms with van der Waals surface area (Å²) in [7, 11) is 1.44.